The summed E-state index contributed by atoms with van der Waals surface area (Å²) in [6.07, 6.45) is 0. The molecule has 0 atom stereocenters. The van der Waals surface area contributed by atoms with Gasteiger partial charge in [0.25, 0.3) is 5.91 Å². The smallest absolute Gasteiger partial charge is 0.259 e. The molecule has 3 rings (SSSR count). The monoisotopic (exact) mass is 456 g/mol. The van der Waals surface area contributed by atoms with Crippen LogP contribution in [0.5, 0.6) is 0 Å². The summed E-state index contributed by atoms with van der Waals surface area (Å²) < 4.78 is 13.4. The quantitative estimate of drug-likeness (QED) is 0.404. The van der Waals surface area contributed by atoms with Crippen LogP contribution in [0.2, 0.25) is 10.0 Å². The number of anilines is 2. The first kappa shape index (κ1) is 20.5. The predicted octanol–water partition coefficient (Wildman–Crippen LogP) is 4.97. The van der Waals surface area contributed by atoms with Gasteiger partial charge in [0, 0.05) is 10.7 Å². The average Bonchev–Trinajstić information content (AvgIpc) is 3.11. The van der Waals surface area contributed by atoms with Crippen LogP contribution in [0, 0.1) is 5.82 Å². The maximum absolute atomic E-state index is 12.9. The van der Waals surface area contributed by atoms with E-state index in [1.807, 2.05) is 0 Å². The van der Waals surface area contributed by atoms with Crippen LogP contribution >= 0.6 is 46.3 Å². The lowest BCUT2D eigenvalue weighted by molar-refractivity contribution is -0.113. The van der Waals surface area contributed by atoms with Gasteiger partial charge in [0.15, 0.2) is 4.34 Å². The molecular formula is C17H11Cl2FN4O2S2. The standard InChI is InChI=1S/C17H11Cl2FN4O2S2/c18-9-1-6-13(19)12(7-9)15(26)22-16-23-24-17(28-16)27-8-14(25)21-11-4-2-10(20)3-5-11/h1-7H,8H2,(H,21,25)(H,22,23,26). The average molecular weight is 457 g/mol. The van der Waals surface area contributed by atoms with Gasteiger partial charge in [-0.15, -0.1) is 10.2 Å². The number of rotatable bonds is 6. The third-order valence-electron chi connectivity index (χ3n) is 3.25. The van der Waals surface area contributed by atoms with Gasteiger partial charge in [-0.1, -0.05) is 46.3 Å². The molecule has 3 aromatic rings. The van der Waals surface area contributed by atoms with E-state index in [1.54, 1.807) is 6.07 Å². The largest absolute Gasteiger partial charge is 0.325 e. The fourth-order valence-electron chi connectivity index (χ4n) is 2.01. The number of nitrogens with one attached hydrogen (secondary N) is 2. The maximum Gasteiger partial charge on any atom is 0.259 e. The van der Waals surface area contributed by atoms with Gasteiger partial charge >= 0.3 is 0 Å². The number of halogens is 3. The zero-order valence-electron chi connectivity index (χ0n) is 13.9. The summed E-state index contributed by atoms with van der Waals surface area (Å²) in [4.78, 5) is 24.2. The van der Waals surface area contributed by atoms with E-state index < -0.39 is 5.91 Å². The second kappa shape index (κ2) is 9.33. The van der Waals surface area contributed by atoms with Crippen molar-refractivity contribution in [2.75, 3.05) is 16.4 Å². The van der Waals surface area contributed by atoms with E-state index in [9.17, 15) is 14.0 Å². The van der Waals surface area contributed by atoms with Crippen molar-refractivity contribution in [1.29, 1.82) is 0 Å². The van der Waals surface area contributed by atoms with Crippen LogP contribution in [0.15, 0.2) is 46.8 Å². The van der Waals surface area contributed by atoms with Crippen molar-refractivity contribution in [2.45, 2.75) is 4.34 Å². The van der Waals surface area contributed by atoms with Crippen molar-refractivity contribution < 1.29 is 14.0 Å². The number of benzene rings is 2. The molecule has 0 spiro atoms. The molecule has 1 aromatic heterocycles. The van der Waals surface area contributed by atoms with Crippen molar-refractivity contribution in [3.63, 3.8) is 0 Å². The fourth-order valence-corrected chi connectivity index (χ4v) is 3.93. The highest BCUT2D eigenvalue weighted by atomic mass is 35.5. The normalized spacial score (nSPS) is 10.5. The lowest BCUT2D eigenvalue weighted by Crippen LogP contribution is -2.13. The van der Waals surface area contributed by atoms with Crippen molar-refractivity contribution in [1.82, 2.24) is 10.2 Å². The molecule has 2 N–H and O–H groups in total. The Morgan fingerprint density at radius 2 is 1.82 bits per heavy atom. The van der Waals surface area contributed by atoms with Crippen LogP contribution in [-0.4, -0.2) is 27.8 Å². The molecule has 144 valence electrons. The van der Waals surface area contributed by atoms with Crippen LogP contribution in [0.1, 0.15) is 10.4 Å². The highest BCUT2D eigenvalue weighted by Crippen LogP contribution is 2.27. The molecule has 2 amide bonds. The Labute approximate surface area is 177 Å². The van der Waals surface area contributed by atoms with E-state index in [0.29, 0.717) is 15.0 Å². The van der Waals surface area contributed by atoms with E-state index in [4.69, 9.17) is 23.2 Å². The summed E-state index contributed by atoms with van der Waals surface area (Å²) in [5.41, 5.74) is 0.716. The van der Waals surface area contributed by atoms with Gasteiger partial charge in [0.05, 0.1) is 16.3 Å². The molecule has 28 heavy (non-hydrogen) atoms. The van der Waals surface area contributed by atoms with Gasteiger partial charge in [0.1, 0.15) is 5.82 Å². The van der Waals surface area contributed by atoms with E-state index in [0.717, 1.165) is 23.1 Å². The minimum Gasteiger partial charge on any atom is -0.325 e. The van der Waals surface area contributed by atoms with Gasteiger partial charge in [-0.3, -0.25) is 14.9 Å². The van der Waals surface area contributed by atoms with Crippen LogP contribution in [0.4, 0.5) is 15.2 Å². The summed E-state index contributed by atoms with van der Waals surface area (Å²) in [5, 5.41) is 13.9. The second-order valence-electron chi connectivity index (χ2n) is 5.30. The Kier molecular flexibility index (Phi) is 6.84. The number of amides is 2. The highest BCUT2D eigenvalue weighted by molar-refractivity contribution is 8.01. The van der Waals surface area contributed by atoms with E-state index in [1.165, 1.54) is 36.4 Å². The second-order valence-corrected chi connectivity index (χ2v) is 8.34. The summed E-state index contributed by atoms with van der Waals surface area (Å²) in [7, 11) is 0. The van der Waals surface area contributed by atoms with Gasteiger partial charge in [-0.25, -0.2) is 4.39 Å². The number of nitrogens with zero attached hydrogens (tertiary/aromatic N) is 2. The number of carbonyl (C=O) groups excluding carboxylic acids is 2. The van der Waals surface area contributed by atoms with Crippen molar-refractivity contribution in [3.05, 3.63) is 63.9 Å². The first-order chi connectivity index (χ1) is 13.4. The zero-order chi connectivity index (χ0) is 20.1. The van der Waals surface area contributed by atoms with E-state index >= 15 is 0 Å². The number of thioether (sulfide) groups is 1. The molecule has 0 aliphatic rings. The van der Waals surface area contributed by atoms with E-state index in [-0.39, 0.29) is 33.2 Å². The molecule has 0 unspecified atom stereocenters. The third-order valence-corrected chi connectivity index (χ3v) is 5.79. The molecule has 1 heterocycles. The van der Waals surface area contributed by atoms with Crippen LogP contribution in [0.25, 0.3) is 0 Å². The Morgan fingerprint density at radius 3 is 2.57 bits per heavy atom. The molecule has 0 fully saturated rings. The van der Waals surface area contributed by atoms with Crippen LogP contribution < -0.4 is 10.6 Å². The molecule has 0 aliphatic heterocycles. The molecular weight excluding hydrogens is 446 g/mol. The fraction of sp³-hybridized carbons (Fsp3) is 0.0588. The van der Waals surface area contributed by atoms with Crippen molar-refractivity contribution in [2.24, 2.45) is 0 Å². The molecule has 6 nitrogen and oxygen atoms in total. The lowest BCUT2D eigenvalue weighted by atomic mass is 10.2. The van der Waals surface area contributed by atoms with Crippen LogP contribution in [-0.2, 0) is 4.79 Å². The van der Waals surface area contributed by atoms with Crippen LogP contribution in [0.3, 0.4) is 0 Å². The molecule has 0 radical (unpaired) electrons. The van der Waals surface area contributed by atoms with Gasteiger partial charge < -0.3 is 5.32 Å². The summed E-state index contributed by atoms with van der Waals surface area (Å²) in [6, 6.07) is 10.0. The SMILES string of the molecule is O=C(CSc1nnc(NC(=O)c2cc(Cl)ccc2Cl)s1)Nc1ccc(F)cc1. The molecule has 0 saturated carbocycles. The minimum absolute atomic E-state index is 0.0834. The topological polar surface area (TPSA) is 84.0 Å². The Balaban J connectivity index is 1.53. The predicted molar refractivity (Wildman–Crippen MR) is 110 cm³/mol. The van der Waals surface area contributed by atoms with Gasteiger partial charge in [-0.2, -0.15) is 0 Å². The summed E-state index contributed by atoms with van der Waals surface area (Å²) in [5.74, 6) is -1.03. The number of hydrogen-bond acceptors (Lipinski definition) is 6. The van der Waals surface area contributed by atoms with E-state index in [2.05, 4.69) is 20.8 Å². The molecule has 0 saturated heterocycles. The third kappa shape index (κ3) is 5.65. The molecule has 0 aliphatic carbocycles. The summed E-state index contributed by atoms with van der Waals surface area (Å²) >= 11 is 14.2. The maximum atomic E-state index is 12.9. The van der Waals surface area contributed by atoms with Gasteiger partial charge in [0.2, 0.25) is 11.0 Å². The Morgan fingerprint density at radius 1 is 1.07 bits per heavy atom. The van der Waals surface area contributed by atoms with Gasteiger partial charge in [-0.05, 0) is 42.5 Å². The number of hydrogen-bond donors (Lipinski definition) is 2. The van der Waals surface area contributed by atoms with Crippen molar-refractivity contribution >= 4 is 68.9 Å². The number of aromatic nitrogens is 2. The summed E-state index contributed by atoms with van der Waals surface area (Å²) in [6.45, 7) is 0. The lowest BCUT2D eigenvalue weighted by Gasteiger charge is -2.04. The molecule has 11 heteroatoms. The first-order valence-electron chi connectivity index (χ1n) is 7.69. The number of carbonyl (C=O) groups is 2. The molecule has 2 aromatic carbocycles. The Hall–Kier alpha value is -2.20. The Bertz CT molecular complexity index is 1010. The zero-order valence-corrected chi connectivity index (χ0v) is 17.1. The van der Waals surface area contributed by atoms with Crippen molar-refractivity contribution in [3.8, 4) is 0 Å². The molecule has 0 bridgehead atoms. The minimum atomic E-state index is -0.464. The highest BCUT2D eigenvalue weighted by Gasteiger charge is 2.15. The first-order valence-corrected chi connectivity index (χ1v) is 10.2.